The van der Waals surface area contributed by atoms with Crippen LogP contribution in [0.2, 0.25) is 0 Å². The summed E-state index contributed by atoms with van der Waals surface area (Å²) < 4.78 is 0. The molecule has 3 unspecified atom stereocenters. The van der Waals surface area contributed by atoms with Crippen molar-refractivity contribution >= 4 is 35.1 Å². The van der Waals surface area contributed by atoms with Crippen LogP contribution in [0.5, 0.6) is 0 Å². The van der Waals surface area contributed by atoms with Crippen LogP contribution in [0.1, 0.15) is 60.2 Å². The van der Waals surface area contributed by atoms with Crippen molar-refractivity contribution in [1.29, 1.82) is 0 Å². The molecule has 1 fully saturated rings. The molecule has 3 atom stereocenters. The third-order valence-electron chi connectivity index (χ3n) is 7.91. The van der Waals surface area contributed by atoms with Gasteiger partial charge in [0.1, 0.15) is 10.8 Å². The van der Waals surface area contributed by atoms with E-state index in [-0.39, 0.29) is 12.6 Å². The molecule has 1 aliphatic carbocycles. The van der Waals surface area contributed by atoms with Gasteiger partial charge >= 0.3 is 0 Å². The largest absolute Gasteiger partial charge is 0.339 e. The van der Waals surface area contributed by atoms with E-state index >= 15 is 0 Å². The van der Waals surface area contributed by atoms with Crippen LogP contribution in [0.3, 0.4) is 0 Å². The van der Waals surface area contributed by atoms with Gasteiger partial charge in [0, 0.05) is 18.7 Å². The highest BCUT2D eigenvalue weighted by atomic mass is 32.2. The molecule has 1 saturated heterocycles. The summed E-state index contributed by atoms with van der Waals surface area (Å²) >= 11 is 3.21. The van der Waals surface area contributed by atoms with Gasteiger partial charge in [-0.15, -0.1) is 11.8 Å². The fraction of sp³-hybridized carbons (Fsp3) is 0.235. The van der Waals surface area contributed by atoms with Crippen molar-refractivity contribution in [3.05, 3.63) is 135 Å². The predicted molar refractivity (Wildman–Crippen MR) is 165 cm³/mol. The predicted octanol–water partition coefficient (Wildman–Crippen LogP) is 8.31. The number of hydrogen-bond donors (Lipinski definition) is 1. The second-order valence-corrected chi connectivity index (χ2v) is 12.4. The van der Waals surface area contributed by atoms with Crippen molar-refractivity contribution in [3.8, 4) is 0 Å². The van der Waals surface area contributed by atoms with Gasteiger partial charge in [-0.2, -0.15) is 11.3 Å². The fourth-order valence-electron chi connectivity index (χ4n) is 5.86. The topological polar surface area (TPSA) is 42.0 Å². The van der Waals surface area contributed by atoms with Gasteiger partial charge < -0.3 is 5.32 Å². The molecule has 3 heterocycles. The van der Waals surface area contributed by atoms with Crippen molar-refractivity contribution in [1.82, 2.24) is 10.3 Å². The highest BCUT2D eigenvalue weighted by molar-refractivity contribution is 8.00. The average molecular weight is 551 g/mol. The van der Waals surface area contributed by atoms with Crippen molar-refractivity contribution < 1.29 is 6.22 Å². The molecule has 1 amide bonds. The van der Waals surface area contributed by atoms with Crippen molar-refractivity contribution in [2.45, 2.75) is 54.2 Å². The minimum atomic E-state index is -0.738. The van der Waals surface area contributed by atoms with E-state index in [4.69, 9.17) is 4.98 Å². The van der Waals surface area contributed by atoms with Crippen molar-refractivity contribution in [2.24, 2.45) is 0 Å². The summed E-state index contributed by atoms with van der Waals surface area (Å²) in [6.45, 7) is 6.50. The molecule has 1 N–H and O–H groups in total. The van der Waals surface area contributed by atoms with E-state index in [1.54, 1.807) is 23.1 Å². The Labute approximate surface area is 240 Å². The van der Waals surface area contributed by atoms with Crippen LogP contribution in [-0.2, 0) is 16.8 Å². The number of aryl methyl sites for hydroxylation is 2. The maximum absolute atomic E-state index is 13.7. The molecule has 0 saturated carbocycles. The number of piperidine rings is 1. The molecule has 198 valence electrons. The first-order valence-electron chi connectivity index (χ1n) is 13.5. The minimum Gasteiger partial charge on any atom is -0.339 e. The number of thiophene rings is 1. The lowest BCUT2D eigenvalue weighted by molar-refractivity contribution is -0.122. The lowest BCUT2D eigenvalue weighted by atomic mass is 9.78. The number of carbonyl (C=O) groups is 1. The Morgan fingerprint density at radius 2 is 1.95 bits per heavy atom. The number of hydrogen-bond acceptors (Lipinski definition) is 4. The summed E-state index contributed by atoms with van der Waals surface area (Å²) in [6, 6.07) is 25.2. The lowest BCUT2D eigenvalue weighted by Gasteiger charge is -2.41. The molecule has 6 rings (SSSR count). The molecule has 2 aromatic carbocycles. The molecular formula is C34H34N2OS2. The van der Waals surface area contributed by atoms with Gasteiger partial charge in [0.25, 0.3) is 0 Å². The van der Waals surface area contributed by atoms with E-state index in [9.17, 15) is 4.79 Å². The molecule has 2 aliphatic rings. The summed E-state index contributed by atoms with van der Waals surface area (Å²) in [7, 11) is 0. The first-order chi connectivity index (χ1) is 19.0. The number of rotatable bonds is 6. The standard InChI is InChI=1S/C34H32N2OS2.H2/c1-23-9-3-6-15-30(23)39-32-24(2)21-34(36-33(32)37,27-19-20-38-22-27)31-16-8-13-28(35-31)18-17-26-12-7-11-25-10-4-5-14-29(25)26;/h3-6,8-10,13-20,22,26,32H,2,7,11-12,21H2,1H3,(H,36,37);1H/b18-17-;. The second-order valence-electron chi connectivity index (χ2n) is 10.5. The second kappa shape index (κ2) is 11.0. The Bertz CT molecular complexity index is 1530. The van der Waals surface area contributed by atoms with Crippen LogP contribution < -0.4 is 5.32 Å². The summed E-state index contributed by atoms with van der Waals surface area (Å²) in [4.78, 5) is 19.9. The third-order valence-corrected chi connectivity index (χ3v) is 10.1. The number of allylic oxidation sites excluding steroid dienone is 1. The zero-order valence-corrected chi connectivity index (χ0v) is 23.7. The maximum atomic E-state index is 13.7. The van der Waals surface area contributed by atoms with Crippen LogP contribution in [0.4, 0.5) is 0 Å². The molecule has 2 aromatic heterocycles. The van der Waals surface area contributed by atoms with Gasteiger partial charge in [-0.1, -0.05) is 66.8 Å². The number of pyridine rings is 1. The number of carbonyl (C=O) groups excluding carboxylic acids is 1. The Hall–Kier alpha value is -3.41. The molecule has 0 spiro atoms. The number of benzene rings is 2. The number of nitrogens with one attached hydrogen (secondary N) is 1. The van der Waals surface area contributed by atoms with Gasteiger partial charge in [0.05, 0.1) is 11.4 Å². The minimum absolute atomic E-state index is 0. The maximum Gasteiger partial charge on any atom is 0.238 e. The van der Waals surface area contributed by atoms with Crippen LogP contribution in [0, 0.1) is 6.92 Å². The van der Waals surface area contributed by atoms with Gasteiger partial charge in [-0.05, 0) is 89.5 Å². The van der Waals surface area contributed by atoms with Crippen molar-refractivity contribution in [3.63, 3.8) is 0 Å². The molecule has 4 aromatic rings. The molecule has 5 heteroatoms. The summed E-state index contributed by atoms with van der Waals surface area (Å²) in [5.74, 6) is 0.381. The van der Waals surface area contributed by atoms with E-state index in [2.05, 4.69) is 84.2 Å². The summed E-state index contributed by atoms with van der Waals surface area (Å²) in [5, 5.41) is 7.25. The van der Waals surface area contributed by atoms with E-state index in [1.807, 2.05) is 30.3 Å². The zero-order chi connectivity index (χ0) is 26.8. The highest BCUT2D eigenvalue weighted by Crippen LogP contribution is 2.44. The molecule has 0 bridgehead atoms. The number of nitrogens with zero attached hydrogens (tertiary/aromatic N) is 1. The molecule has 1 aliphatic heterocycles. The third kappa shape index (κ3) is 5.13. The monoisotopic (exact) mass is 550 g/mol. The SMILES string of the molecule is C=C1CC(c2ccsc2)(c2cccc(/C=C\C3CCCc4ccccc43)n2)NC(=O)C1Sc1ccccc1C.[HH]. The Morgan fingerprint density at radius 3 is 2.77 bits per heavy atom. The lowest BCUT2D eigenvalue weighted by Crippen LogP contribution is -2.55. The van der Waals surface area contributed by atoms with E-state index in [0.717, 1.165) is 40.3 Å². The highest BCUT2D eigenvalue weighted by Gasteiger charge is 2.45. The van der Waals surface area contributed by atoms with Crippen LogP contribution in [-0.4, -0.2) is 16.1 Å². The average Bonchev–Trinajstić information content (AvgIpc) is 3.51. The van der Waals surface area contributed by atoms with E-state index < -0.39 is 5.54 Å². The van der Waals surface area contributed by atoms with Crippen molar-refractivity contribution in [2.75, 3.05) is 0 Å². The van der Waals surface area contributed by atoms with Crippen LogP contribution in [0.15, 0.2) is 107 Å². The fourth-order valence-corrected chi connectivity index (χ4v) is 7.67. The van der Waals surface area contributed by atoms with E-state index in [0.29, 0.717) is 12.3 Å². The molecule has 39 heavy (non-hydrogen) atoms. The Balaban J connectivity index is 0.00000323. The number of aromatic nitrogens is 1. The number of fused-ring (bicyclic) bond motifs is 1. The molecule has 3 nitrogen and oxygen atoms in total. The first-order valence-corrected chi connectivity index (χ1v) is 15.3. The number of amides is 1. The van der Waals surface area contributed by atoms with E-state index in [1.165, 1.54) is 23.1 Å². The van der Waals surface area contributed by atoms with Gasteiger partial charge in [-0.25, -0.2) is 0 Å². The normalized spacial score (nSPS) is 23.0. The zero-order valence-electron chi connectivity index (χ0n) is 22.1. The Kier molecular flexibility index (Phi) is 7.28. The quantitative estimate of drug-likeness (QED) is 0.246. The molecular weight excluding hydrogens is 517 g/mol. The summed E-state index contributed by atoms with van der Waals surface area (Å²) in [5.41, 5.74) is 7.04. The van der Waals surface area contributed by atoms with Gasteiger partial charge in [0.2, 0.25) is 5.91 Å². The Morgan fingerprint density at radius 1 is 1.10 bits per heavy atom. The number of thioether (sulfide) groups is 1. The summed E-state index contributed by atoms with van der Waals surface area (Å²) in [6.07, 6.45) is 8.57. The smallest absolute Gasteiger partial charge is 0.238 e. The van der Waals surface area contributed by atoms with Crippen LogP contribution >= 0.6 is 23.1 Å². The van der Waals surface area contributed by atoms with Crippen LogP contribution in [0.25, 0.3) is 6.08 Å². The van der Waals surface area contributed by atoms with Gasteiger partial charge in [-0.3, -0.25) is 9.78 Å². The first kappa shape index (κ1) is 25.8. The molecule has 0 radical (unpaired) electrons. The van der Waals surface area contributed by atoms with Gasteiger partial charge in [0.15, 0.2) is 0 Å².